The predicted molar refractivity (Wildman–Crippen MR) is 126 cm³/mol. The number of amides is 1. The van der Waals surface area contributed by atoms with Crippen LogP contribution in [0.4, 0.5) is 13.2 Å². The van der Waals surface area contributed by atoms with Gasteiger partial charge in [-0.3, -0.25) is 19.1 Å². The van der Waals surface area contributed by atoms with Crippen LogP contribution in [0.3, 0.4) is 0 Å². The molecule has 0 atom stereocenters. The molecule has 1 aromatic carbocycles. The number of Topliss-reactive ketones (excluding diaryl/α,β-unsaturated/α-hetero) is 1. The summed E-state index contributed by atoms with van der Waals surface area (Å²) in [4.78, 5) is 36.6. The predicted octanol–water partition coefficient (Wildman–Crippen LogP) is 3.75. The highest BCUT2D eigenvalue weighted by molar-refractivity contribution is 6.10. The Bertz CT molecular complexity index is 1390. The SMILES string of the molecule is O=C1NCCC=CCc2ccc3c(C(=O)C(F)(F)F)cn(c3c2)CCCCCn2cc(O)c(=O)c1n2. The van der Waals surface area contributed by atoms with E-state index in [1.807, 2.05) is 12.2 Å². The van der Waals surface area contributed by atoms with Gasteiger partial charge in [-0.15, -0.1) is 0 Å². The summed E-state index contributed by atoms with van der Waals surface area (Å²) in [5, 5.41) is 16.9. The fourth-order valence-electron chi connectivity index (χ4n) is 4.19. The maximum absolute atomic E-state index is 13.2. The molecule has 0 aliphatic carbocycles. The van der Waals surface area contributed by atoms with Gasteiger partial charge in [-0.25, -0.2) is 0 Å². The van der Waals surface area contributed by atoms with Crippen LogP contribution in [0.2, 0.25) is 0 Å². The molecule has 2 aromatic heterocycles. The molecule has 0 saturated heterocycles. The number of allylic oxidation sites excluding steroid dienone is 1. The fraction of sp³-hybridized carbons (Fsp3) is 0.360. The fourth-order valence-corrected chi connectivity index (χ4v) is 4.19. The molecule has 3 aromatic rings. The first-order chi connectivity index (χ1) is 17.1. The van der Waals surface area contributed by atoms with E-state index < -0.39 is 29.0 Å². The molecule has 0 spiro atoms. The molecule has 4 rings (SSSR count). The Balaban J connectivity index is 1.63. The molecule has 2 N–H and O–H groups in total. The molecule has 0 fully saturated rings. The molecule has 8 nitrogen and oxygen atoms in total. The summed E-state index contributed by atoms with van der Waals surface area (Å²) in [5.41, 5.74) is -0.155. The maximum atomic E-state index is 13.2. The van der Waals surface area contributed by atoms with Gasteiger partial charge >= 0.3 is 6.18 Å². The van der Waals surface area contributed by atoms with Crippen molar-refractivity contribution in [2.45, 2.75) is 51.4 Å². The second kappa shape index (κ2) is 10.4. The maximum Gasteiger partial charge on any atom is 0.454 e. The number of aromatic nitrogens is 3. The van der Waals surface area contributed by atoms with Crippen molar-refractivity contribution in [3.8, 4) is 5.75 Å². The van der Waals surface area contributed by atoms with Gasteiger partial charge < -0.3 is 15.0 Å². The molecular weight excluding hydrogens is 477 g/mol. The summed E-state index contributed by atoms with van der Waals surface area (Å²) >= 11 is 0. The molecule has 0 unspecified atom stereocenters. The third-order valence-electron chi connectivity index (χ3n) is 6.01. The van der Waals surface area contributed by atoms with Crippen LogP contribution in [0.1, 0.15) is 52.1 Å². The molecule has 1 aliphatic rings. The Labute approximate surface area is 204 Å². The molecule has 0 saturated carbocycles. The Kier molecular flexibility index (Phi) is 7.27. The van der Waals surface area contributed by atoms with Gasteiger partial charge in [-0.05, 0) is 43.7 Å². The Morgan fingerprint density at radius 1 is 1.06 bits per heavy atom. The molecule has 4 bridgehead atoms. The zero-order valence-corrected chi connectivity index (χ0v) is 19.3. The number of aryl methyl sites for hydroxylation is 2. The lowest BCUT2D eigenvalue weighted by atomic mass is 10.1. The van der Waals surface area contributed by atoms with Crippen molar-refractivity contribution in [1.29, 1.82) is 0 Å². The zero-order chi connectivity index (χ0) is 25.9. The Morgan fingerprint density at radius 2 is 1.83 bits per heavy atom. The van der Waals surface area contributed by atoms with Gasteiger partial charge in [0.2, 0.25) is 0 Å². The lowest BCUT2D eigenvalue weighted by Crippen LogP contribution is -2.32. The van der Waals surface area contributed by atoms with Crippen molar-refractivity contribution in [2.24, 2.45) is 0 Å². The minimum Gasteiger partial charge on any atom is -0.503 e. The first-order valence-electron chi connectivity index (χ1n) is 11.6. The van der Waals surface area contributed by atoms with Crippen molar-refractivity contribution in [2.75, 3.05) is 6.54 Å². The molecule has 11 heteroatoms. The summed E-state index contributed by atoms with van der Waals surface area (Å²) in [7, 11) is 0. The van der Waals surface area contributed by atoms with E-state index in [9.17, 15) is 32.7 Å². The van der Waals surface area contributed by atoms with E-state index in [0.717, 1.165) is 5.56 Å². The number of hydrogen-bond donors (Lipinski definition) is 2. The number of aromatic hydroxyl groups is 1. The largest absolute Gasteiger partial charge is 0.503 e. The third kappa shape index (κ3) is 5.50. The lowest BCUT2D eigenvalue weighted by molar-refractivity contribution is -0.0884. The van der Waals surface area contributed by atoms with Crippen LogP contribution in [0.5, 0.6) is 5.75 Å². The van der Waals surface area contributed by atoms with Gasteiger partial charge in [-0.1, -0.05) is 24.3 Å². The van der Waals surface area contributed by atoms with Crippen LogP contribution < -0.4 is 10.7 Å². The van der Waals surface area contributed by atoms with Crippen LogP contribution in [0.15, 0.2) is 47.5 Å². The lowest BCUT2D eigenvalue weighted by Gasteiger charge is -2.09. The average Bonchev–Trinajstić information content (AvgIpc) is 3.19. The van der Waals surface area contributed by atoms with Crippen LogP contribution >= 0.6 is 0 Å². The number of ketones is 1. The van der Waals surface area contributed by atoms with E-state index in [2.05, 4.69) is 10.4 Å². The van der Waals surface area contributed by atoms with Crippen LogP contribution in [-0.4, -0.2) is 43.9 Å². The summed E-state index contributed by atoms with van der Waals surface area (Å²) in [6.45, 7) is 0.972. The van der Waals surface area contributed by atoms with Crippen LogP contribution in [0.25, 0.3) is 10.9 Å². The summed E-state index contributed by atoms with van der Waals surface area (Å²) < 4.78 is 42.5. The number of benzene rings is 1. The van der Waals surface area contributed by atoms with Gasteiger partial charge in [0.15, 0.2) is 11.4 Å². The average molecular weight is 502 g/mol. The molecule has 190 valence electrons. The normalized spacial score (nSPS) is 15.8. The van der Waals surface area contributed by atoms with Crippen molar-refractivity contribution < 1.29 is 27.9 Å². The smallest absolute Gasteiger partial charge is 0.454 e. The van der Waals surface area contributed by atoms with Gasteiger partial charge in [0.1, 0.15) is 0 Å². The van der Waals surface area contributed by atoms with Gasteiger partial charge in [0.05, 0.1) is 11.8 Å². The van der Waals surface area contributed by atoms with Crippen molar-refractivity contribution in [3.05, 3.63) is 69.8 Å². The van der Waals surface area contributed by atoms with Crippen molar-refractivity contribution in [3.63, 3.8) is 0 Å². The number of alkyl halides is 3. The number of nitrogens with zero attached hydrogens (tertiary/aromatic N) is 3. The Morgan fingerprint density at radius 3 is 2.61 bits per heavy atom. The Hall–Kier alpha value is -3.89. The summed E-state index contributed by atoms with van der Waals surface area (Å²) in [6, 6.07) is 5.05. The number of rotatable bonds is 1. The standard InChI is InChI=1S/C25H25F3N4O4/c26-25(27,28)23(35)18-14-31-11-5-2-6-12-32-15-20(33)22(34)21(30-32)24(36)29-10-4-1-3-7-16-8-9-17(18)19(31)13-16/h1,3,8-9,13-15,33H,2,4-7,10-12H2,(H,29,36). The number of carbonyl (C=O) groups excluding carboxylic acids is 2. The third-order valence-corrected chi connectivity index (χ3v) is 6.01. The number of hydrogen-bond acceptors (Lipinski definition) is 5. The first-order valence-corrected chi connectivity index (χ1v) is 11.6. The number of fused-ring (bicyclic) bond motifs is 3. The van der Waals surface area contributed by atoms with Crippen molar-refractivity contribution >= 4 is 22.6 Å². The minimum atomic E-state index is -4.96. The number of nitrogens with one attached hydrogen (secondary N) is 1. The van der Waals surface area contributed by atoms with Crippen LogP contribution in [0, 0.1) is 0 Å². The number of halogens is 3. The minimum absolute atomic E-state index is 0.247. The summed E-state index contributed by atoms with van der Waals surface area (Å²) in [5.74, 6) is -3.10. The highest BCUT2D eigenvalue weighted by Gasteiger charge is 2.40. The van der Waals surface area contributed by atoms with Gasteiger partial charge in [0, 0.05) is 36.7 Å². The van der Waals surface area contributed by atoms with Crippen LogP contribution in [-0.2, 0) is 19.5 Å². The zero-order valence-electron chi connectivity index (χ0n) is 19.3. The molecule has 1 aliphatic heterocycles. The molecule has 0 radical (unpaired) electrons. The second-order valence-electron chi connectivity index (χ2n) is 8.65. The topological polar surface area (TPSA) is 106 Å². The molecule has 1 amide bonds. The van der Waals surface area contributed by atoms with Crippen molar-refractivity contribution in [1.82, 2.24) is 19.7 Å². The van der Waals surface area contributed by atoms with Gasteiger partial charge in [0.25, 0.3) is 17.1 Å². The molecule has 3 heterocycles. The van der Waals surface area contributed by atoms with E-state index >= 15 is 0 Å². The molecular formula is C25H25F3N4O4. The van der Waals surface area contributed by atoms with E-state index in [0.29, 0.717) is 50.7 Å². The quantitative estimate of drug-likeness (QED) is 0.390. The van der Waals surface area contributed by atoms with E-state index in [-0.39, 0.29) is 23.2 Å². The van der Waals surface area contributed by atoms with E-state index in [4.69, 9.17) is 0 Å². The first kappa shape index (κ1) is 25.2. The summed E-state index contributed by atoms with van der Waals surface area (Å²) in [6.07, 6.45) is 4.01. The molecule has 36 heavy (non-hydrogen) atoms. The second-order valence-corrected chi connectivity index (χ2v) is 8.65. The van der Waals surface area contributed by atoms with Gasteiger partial charge in [-0.2, -0.15) is 18.3 Å². The highest BCUT2D eigenvalue weighted by atomic mass is 19.4. The van der Waals surface area contributed by atoms with E-state index in [1.54, 1.807) is 22.8 Å². The van der Waals surface area contributed by atoms with E-state index in [1.165, 1.54) is 17.1 Å². The number of carbonyl (C=O) groups is 2. The highest BCUT2D eigenvalue weighted by Crippen LogP contribution is 2.30. The monoisotopic (exact) mass is 502 g/mol.